The van der Waals surface area contributed by atoms with Gasteiger partial charge in [-0.05, 0) is 18.2 Å². The molecule has 0 radical (unpaired) electrons. The van der Waals surface area contributed by atoms with E-state index in [2.05, 4.69) is 15.0 Å². The molecule has 0 bridgehead atoms. The first-order chi connectivity index (χ1) is 7.15. The minimum atomic E-state index is -0.0664. The molecule has 1 aromatic carbocycles. The van der Waals surface area contributed by atoms with E-state index in [-0.39, 0.29) is 11.9 Å². The third-order valence-electron chi connectivity index (χ3n) is 1.76. The van der Waals surface area contributed by atoms with Gasteiger partial charge < -0.3 is 11.5 Å². The molecule has 1 heterocycles. The quantitative estimate of drug-likeness (QED) is 0.559. The van der Waals surface area contributed by atoms with Crippen LogP contribution in [0.2, 0.25) is 5.02 Å². The van der Waals surface area contributed by atoms with Gasteiger partial charge in [-0.3, -0.25) is 0 Å². The summed E-state index contributed by atoms with van der Waals surface area (Å²) in [5.74, 6) is 0.174. The summed E-state index contributed by atoms with van der Waals surface area (Å²) in [4.78, 5) is 11.9. The zero-order chi connectivity index (χ0) is 10.8. The highest BCUT2D eigenvalue weighted by atomic mass is 35.5. The van der Waals surface area contributed by atoms with Crippen molar-refractivity contribution >= 4 is 34.4 Å². The third-order valence-corrected chi connectivity index (χ3v) is 1.99. The molecule has 15 heavy (non-hydrogen) atoms. The molecule has 1 aromatic heterocycles. The number of aliphatic imine (C=N–C) groups is 1. The number of guanidine groups is 1. The Morgan fingerprint density at radius 2 is 2.13 bits per heavy atom. The van der Waals surface area contributed by atoms with E-state index >= 15 is 0 Å². The molecule has 0 aliphatic rings. The molecular weight excluding hydrogens is 214 g/mol. The van der Waals surface area contributed by atoms with Gasteiger partial charge >= 0.3 is 0 Å². The number of fused-ring (bicyclic) bond motifs is 1. The van der Waals surface area contributed by atoms with Crippen LogP contribution in [0.4, 0.5) is 5.95 Å². The second-order valence-electron chi connectivity index (χ2n) is 2.91. The predicted molar refractivity (Wildman–Crippen MR) is 60.0 cm³/mol. The molecular formula is C9H8ClN5. The summed E-state index contributed by atoms with van der Waals surface area (Å²) in [7, 11) is 0. The fraction of sp³-hybridized carbons (Fsp3) is 0. The van der Waals surface area contributed by atoms with Crippen molar-refractivity contribution in [2.24, 2.45) is 16.5 Å². The molecule has 2 rings (SSSR count). The number of nitrogens with zero attached hydrogens (tertiary/aromatic N) is 3. The van der Waals surface area contributed by atoms with Crippen LogP contribution in [0.1, 0.15) is 0 Å². The second kappa shape index (κ2) is 3.70. The molecule has 0 aliphatic heterocycles. The van der Waals surface area contributed by atoms with Crippen molar-refractivity contribution in [2.45, 2.75) is 0 Å². The zero-order valence-electron chi connectivity index (χ0n) is 7.68. The van der Waals surface area contributed by atoms with E-state index in [1.54, 1.807) is 24.4 Å². The van der Waals surface area contributed by atoms with E-state index in [4.69, 9.17) is 23.1 Å². The van der Waals surface area contributed by atoms with Gasteiger partial charge in [0.1, 0.15) is 0 Å². The lowest BCUT2D eigenvalue weighted by atomic mass is 10.2. The summed E-state index contributed by atoms with van der Waals surface area (Å²) in [5.41, 5.74) is 11.2. The van der Waals surface area contributed by atoms with Crippen LogP contribution >= 0.6 is 11.6 Å². The molecule has 0 aliphatic carbocycles. The van der Waals surface area contributed by atoms with Gasteiger partial charge in [-0.15, -0.1) is 0 Å². The first-order valence-electron chi connectivity index (χ1n) is 4.17. The lowest BCUT2D eigenvalue weighted by molar-refractivity contribution is 1.17. The van der Waals surface area contributed by atoms with E-state index in [0.29, 0.717) is 5.02 Å². The molecule has 6 heteroatoms. The molecule has 0 fully saturated rings. The van der Waals surface area contributed by atoms with E-state index in [9.17, 15) is 0 Å². The van der Waals surface area contributed by atoms with Gasteiger partial charge in [0.25, 0.3) is 5.95 Å². The third kappa shape index (κ3) is 2.13. The van der Waals surface area contributed by atoms with Crippen LogP contribution in [-0.4, -0.2) is 15.9 Å². The van der Waals surface area contributed by atoms with E-state index in [0.717, 1.165) is 10.9 Å². The molecule has 2 aromatic rings. The number of hydrogen-bond donors (Lipinski definition) is 2. The van der Waals surface area contributed by atoms with Crippen LogP contribution < -0.4 is 11.5 Å². The van der Waals surface area contributed by atoms with Gasteiger partial charge in [0.15, 0.2) is 5.96 Å². The zero-order valence-corrected chi connectivity index (χ0v) is 8.44. The van der Waals surface area contributed by atoms with Crippen LogP contribution in [-0.2, 0) is 0 Å². The van der Waals surface area contributed by atoms with Crippen molar-refractivity contribution in [2.75, 3.05) is 0 Å². The van der Waals surface area contributed by atoms with Gasteiger partial charge in [0.2, 0.25) is 0 Å². The van der Waals surface area contributed by atoms with E-state index < -0.39 is 0 Å². The van der Waals surface area contributed by atoms with E-state index in [1.807, 2.05) is 0 Å². The van der Waals surface area contributed by atoms with Gasteiger partial charge in [0, 0.05) is 16.6 Å². The summed E-state index contributed by atoms with van der Waals surface area (Å²) in [5, 5.41) is 1.48. The second-order valence-corrected chi connectivity index (χ2v) is 3.35. The van der Waals surface area contributed by atoms with Crippen molar-refractivity contribution in [1.82, 2.24) is 9.97 Å². The maximum absolute atomic E-state index is 5.82. The maximum Gasteiger partial charge on any atom is 0.253 e. The highest BCUT2D eigenvalue weighted by Gasteiger charge is 1.99. The Bertz CT molecular complexity index is 533. The number of rotatable bonds is 1. The summed E-state index contributed by atoms with van der Waals surface area (Å²) in [6.45, 7) is 0. The Hall–Kier alpha value is -1.88. The van der Waals surface area contributed by atoms with Crippen LogP contribution in [0.25, 0.3) is 10.9 Å². The molecule has 0 amide bonds. The largest absolute Gasteiger partial charge is 0.370 e. The Labute approximate surface area is 90.8 Å². The number of hydrogen-bond acceptors (Lipinski definition) is 3. The first-order valence-corrected chi connectivity index (χ1v) is 4.55. The number of nitrogens with two attached hydrogens (primary N) is 2. The van der Waals surface area contributed by atoms with Gasteiger partial charge in [-0.2, -0.15) is 4.99 Å². The number of benzene rings is 1. The van der Waals surface area contributed by atoms with Crippen LogP contribution in [0, 0.1) is 0 Å². The SMILES string of the molecule is NC(N)=Nc1ncc2cc(Cl)ccc2n1. The topological polar surface area (TPSA) is 90.2 Å². The van der Waals surface area contributed by atoms with Gasteiger partial charge in [-0.1, -0.05) is 11.6 Å². The van der Waals surface area contributed by atoms with Crippen molar-refractivity contribution in [3.8, 4) is 0 Å². The minimum absolute atomic E-state index is 0.0664. The van der Waals surface area contributed by atoms with Gasteiger partial charge in [0.05, 0.1) is 5.52 Å². The predicted octanol–water partition coefficient (Wildman–Crippen LogP) is 1.19. The van der Waals surface area contributed by atoms with E-state index in [1.165, 1.54) is 0 Å². The smallest absolute Gasteiger partial charge is 0.253 e. The fourth-order valence-corrected chi connectivity index (χ4v) is 1.34. The Morgan fingerprint density at radius 3 is 2.87 bits per heavy atom. The molecule has 0 saturated carbocycles. The summed E-state index contributed by atoms with van der Waals surface area (Å²) in [6, 6.07) is 5.30. The average Bonchev–Trinajstić information content (AvgIpc) is 2.17. The molecule has 0 spiro atoms. The standard InChI is InChI=1S/C9H8ClN5/c10-6-1-2-7-5(3-6)4-13-9(14-7)15-8(11)12/h1-4H,(H4,11,12,13,14,15). The molecule has 0 unspecified atom stereocenters. The van der Waals surface area contributed by atoms with Crippen LogP contribution in [0.3, 0.4) is 0 Å². The summed E-state index contributed by atoms with van der Waals surface area (Å²) in [6.07, 6.45) is 1.62. The Kier molecular flexibility index (Phi) is 2.39. The lowest BCUT2D eigenvalue weighted by Gasteiger charge is -1.98. The Morgan fingerprint density at radius 1 is 1.33 bits per heavy atom. The van der Waals surface area contributed by atoms with Crippen molar-refractivity contribution < 1.29 is 0 Å². The fourth-order valence-electron chi connectivity index (χ4n) is 1.16. The van der Waals surface area contributed by atoms with Crippen molar-refractivity contribution in [3.05, 3.63) is 29.4 Å². The van der Waals surface area contributed by atoms with Gasteiger partial charge in [-0.25, -0.2) is 9.97 Å². The highest BCUT2D eigenvalue weighted by Crippen LogP contribution is 2.18. The lowest BCUT2D eigenvalue weighted by Crippen LogP contribution is -2.22. The van der Waals surface area contributed by atoms with Crippen LogP contribution in [0.5, 0.6) is 0 Å². The first kappa shape index (κ1) is 9.67. The number of aromatic nitrogens is 2. The highest BCUT2D eigenvalue weighted by molar-refractivity contribution is 6.31. The average molecular weight is 222 g/mol. The van der Waals surface area contributed by atoms with Crippen LogP contribution in [0.15, 0.2) is 29.4 Å². The maximum atomic E-state index is 5.82. The van der Waals surface area contributed by atoms with Crippen molar-refractivity contribution in [1.29, 1.82) is 0 Å². The molecule has 4 N–H and O–H groups in total. The monoisotopic (exact) mass is 221 g/mol. The summed E-state index contributed by atoms with van der Waals surface area (Å²) < 4.78 is 0. The van der Waals surface area contributed by atoms with Crippen molar-refractivity contribution in [3.63, 3.8) is 0 Å². The molecule has 76 valence electrons. The Balaban J connectivity index is 2.57. The summed E-state index contributed by atoms with van der Waals surface area (Å²) >= 11 is 5.82. The number of halogens is 1. The molecule has 5 nitrogen and oxygen atoms in total. The minimum Gasteiger partial charge on any atom is -0.370 e. The molecule has 0 atom stereocenters. The normalized spacial score (nSPS) is 10.2. The molecule has 0 saturated heterocycles.